The first kappa shape index (κ1) is 19.1. The molecule has 0 aliphatic carbocycles. The van der Waals surface area contributed by atoms with E-state index in [1.54, 1.807) is 0 Å². The molecule has 1 N–H and O–H groups in total. The Balaban J connectivity index is 1.42. The van der Waals surface area contributed by atoms with Crippen molar-refractivity contribution in [3.05, 3.63) is 70.2 Å². The quantitative estimate of drug-likeness (QED) is 0.784. The van der Waals surface area contributed by atoms with Gasteiger partial charge in [-0.3, -0.25) is 14.6 Å². The molecular formula is C21H26BrN3O. The van der Waals surface area contributed by atoms with Crippen molar-refractivity contribution in [1.82, 2.24) is 15.1 Å². The largest absolute Gasteiger partial charge is 0.348 e. The van der Waals surface area contributed by atoms with Crippen molar-refractivity contribution in [3.8, 4) is 0 Å². The summed E-state index contributed by atoms with van der Waals surface area (Å²) in [5, 5.41) is 3.11. The molecule has 0 saturated carbocycles. The zero-order valence-corrected chi connectivity index (χ0v) is 16.8. The van der Waals surface area contributed by atoms with Crippen LogP contribution in [0.15, 0.2) is 59.1 Å². The van der Waals surface area contributed by atoms with E-state index < -0.39 is 0 Å². The van der Waals surface area contributed by atoms with Crippen LogP contribution in [0.1, 0.15) is 24.1 Å². The summed E-state index contributed by atoms with van der Waals surface area (Å²) in [6, 6.07) is 18.7. The number of amides is 1. The van der Waals surface area contributed by atoms with Crippen LogP contribution < -0.4 is 5.32 Å². The van der Waals surface area contributed by atoms with Gasteiger partial charge in [-0.15, -0.1) is 0 Å². The molecule has 138 valence electrons. The van der Waals surface area contributed by atoms with Crippen LogP contribution >= 0.6 is 15.9 Å². The minimum Gasteiger partial charge on any atom is -0.348 e. The van der Waals surface area contributed by atoms with Gasteiger partial charge < -0.3 is 5.32 Å². The van der Waals surface area contributed by atoms with Gasteiger partial charge in [-0.25, -0.2) is 0 Å². The van der Waals surface area contributed by atoms with Gasteiger partial charge in [0.2, 0.25) is 5.91 Å². The molecule has 0 bridgehead atoms. The van der Waals surface area contributed by atoms with Crippen LogP contribution in [0, 0.1) is 0 Å². The molecule has 1 saturated heterocycles. The second kappa shape index (κ2) is 9.31. The van der Waals surface area contributed by atoms with Crippen LogP contribution in [0.2, 0.25) is 0 Å². The van der Waals surface area contributed by atoms with Gasteiger partial charge in [-0.2, -0.15) is 0 Å². The average Bonchev–Trinajstić information content (AvgIpc) is 2.64. The smallest absolute Gasteiger partial charge is 0.234 e. The van der Waals surface area contributed by atoms with Crippen molar-refractivity contribution in [2.45, 2.75) is 19.5 Å². The van der Waals surface area contributed by atoms with E-state index in [2.05, 4.69) is 61.4 Å². The van der Waals surface area contributed by atoms with Crippen molar-refractivity contribution in [2.75, 3.05) is 32.7 Å². The van der Waals surface area contributed by atoms with Crippen LogP contribution in [0.25, 0.3) is 0 Å². The SMILES string of the molecule is CC(NC(=O)CN1CCN(Cc2ccccc2)CC1)c1cccc(Br)c1. The number of nitrogens with zero attached hydrogens (tertiary/aromatic N) is 2. The minimum atomic E-state index is 0.0133. The Morgan fingerprint density at radius 2 is 1.73 bits per heavy atom. The van der Waals surface area contributed by atoms with Gasteiger partial charge >= 0.3 is 0 Å². The molecule has 1 aliphatic heterocycles. The first-order valence-corrected chi connectivity index (χ1v) is 9.93. The monoisotopic (exact) mass is 415 g/mol. The molecule has 1 amide bonds. The molecule has 4 nitrogen and oxygen atoms in total. The summed E-state index contributed by atoms with van der Waals surface area (Å²) >= 11 is 3.48. The van der Waals surface area contributed by atoms with Crippen molar-refractivity contribution in [3.63, 3.8) is 0 Å². The minimum absolute atomic E-state index is 0.0133. The summed E-state index contributed by atoms with van der Waals surface area (Å²) in [5.41, 5.74) is 2.46. The lowest BCUT2D eigenvalue weighted by Crippen LogP contribution is -2.49. The molecular weight excluding hydrogens is 390 g/mol. The van der Waals surface area contributed by atoms with Crippen LogP contribution in [0.4, 0.5) is 0 Å². The maximum absolute atomic E-state index is 12.4. The molecule has 1 fully saturated rings. The summed E-state index contributed by atoms with van der Waals surface area (Å²) in [4.78, 5) is 17.1. The molecule has 3 rings (SSSR count). The molecule has 0 radical (unpaired) electrons. The summed E-state index contributed by atoms with van der Waals surface area (Å²) in [6.07, 6.45) is 0. The number of hydrogen-bond acceptors (Lipinski definition) is 3. The second-order valence-electron chi connectivity index (χ2n) is 6.88. The lowest BCUT2D eigenvalue weighted by Gasteiger charge is -2.34. The summed E-state index contributed by atoms with van der Waals surface area (Å²) in [7, 11) is 0. The lowest BCUT2D eigenvalue weighted by molar-refractivity contribution is -0.123. The number of carbonyl (C=O) groups excluding carboxylic acids is 1. The Hall–Kier alpha value is -1.69. The highest BCUT2D eigenvalue weighted by atomic mass is 79.9. The molecule has 2 aromatic rings. The summed E-state index contributed by atoms with van der Waals surface area (Å²) in [5.74, 6) is 0.0917. The third-order valence-corrected chi connectivity index (χ3v) is 5.30. The normalized spacial score (nSPS) is 17.0. The Kier molecular flexibility index (Phi) is 6.83. The average molecular weight is 416 g/mol. The number of hydrogen-bond donors (Lipinski definition) is 1. The summed E-state index contributed by atoms with van der Waals surface area (Å²) in [6.45, 7) is 7.36. The number of benzene rings is 2. The first-order valence-electron chi connectivity index (χ1n) is 9.13. The number of carbonyl (C=O) groups is 1. The third-order valence-electron chi connectivity index (χ3n) is 4.81. The highest BCUT2D eigenvalue weighted by molar-refractivity contribution is 9.10. The Bertz CT molecular complexity index is 714. The van der Waals surface area contributed by atoms with Crippen LogP contribution in [0.3, 0.4) is 0 Å². The topological polar surface area (TPSA) is 35.6 Å². The Morgan fingerprint density at radius 3 is 2.42 bits per heavy atom. The summed E-state index contributed by atoms with van der Waals surface area (Å²) < 4.78 is 1.03. The molecule has 1 heterocycles. The van der Waals surface area contributed by atoms with E-state index in [-0.39, 0.29) is 11.9 Å². The van der Waals surface area contributed by atoms with Gasteiger partial charge in [-0.1, -0.05) is 58.4 Å². The van der Waals surface area contributed by atoms with Crippen molar-refractivity contribution in [1.29, 1.82) is 0 Å². The Morgan fingerprint density at radius 1 is 1.04 bits per heavy atom. The fourth-order valence-corrected chi connectivity index (χ4v) is 3.71. The zero-order chi connectivity index (χ0) is 18.4. The van der Waals surface area contributed by atoms with Crippen LogP contribution in [-0.4, -0.2) is 48.4 Å². The van der Waals surface area contributed by atoms with E-state index in [9.17, 15) is 4.79 Å². The van der Waals surface area contributed by atoms with E-state index in [1.165, 1.54) is 5.56 Å². The van der Waals surface area contributed by atoms with Crippen molar-refractivity contribution < 1.29 is 4.79 Å². The molecule has 0 aromatic heterocycles. The molecule has 26 heavy (non-hydrogen) atoms. The maximum atomic E-state index is 12.4. The first-order chi connectivity index (χ1) is 12.6. The Labute approximate surface area is 164 Å². The highest BCUT2D eigenvalue weighted by Crippen LogP contribution is 2.17. The van der Waals surface area contributed by atoms with E-state index in [1.807, 2.05) is 31.2 Å². The predicted octanol–water partition coefficient (Wildman–Crippen LogP) is 3.44. The highest BCUT2D eigenvalue weighted by Gasteiger charge is 2.20. The fourth-order valence-electron chi connectivity index (χ4n) is 3.30. The van der Waals surface area contributed by atoms with Gasteiger partial charge in [0.1, 0.15) is 0 Å². The van der Waals surface area contributed by atoms with Gasteiger partial charge in [0.15, 0.2) is 0 Å². The van der Waals surface area contributed by atoms with Gasteiger partial charge in [-0.05, 0) is 30.2 Å². The fraction of sp³-hybridized carbons (Fsp3) is 0.381. The molecule has 5 heteroatoms. The van der Waals surface area contributed by atoms with Gasteiger partial charge in [0, 0.05) is 37.2 Å². The van der Waals surface area contributed by atoms with E-state index in [4.69, 9.17) is 0 Å². The zero-order valence-electron chi connectivity index (χ0n) is 15.2. The van der Waals surface area contributed by atoms with Crippen molar-refractivity contribution in [2.24, 2.45) is 0 Å². The lowest BCUT2D eigenvalue weighted by atomic mass is 10.1. The van der Waals surface area contributed by atoms with Gasteiger partial charge in [0.05, 0.1) is 12.6 Å². The molecule has 1 atom stereocenters. The number of nitrogens with one attached hydrogen (secondary N) is 1. The predicted molar refractivity (Wildman–Crippen MR) is 109 cm³/mol. The maximum Gasteiger partial charge on any atom is 0.234 e. The van der Waals surface area contributed by atoms with E-state index in [0.717, 1.165) is 42.8 Å². The van der Waals surface area contributed by atoms with Gasteiger partial charge in [0.25, 0.3) is 0 Å². The van der Waals surface area contributed by atoms with Crippen LogP contribution in [-0.2, 0) is 11.3 Å². The number of piperazine rings is 1. The van der Waals surface area contributed by atoms with Crippen LogP contribution in [0.5, 0.6) is 0 Å². The molecule has 0 spiro atoms. The molecule has 1 aliphatic rings. The second-order valence-corrected chi connectivity index (χ2v) is 7.80. The molecule has 2 aromatic carbocycles. The van der Waals surface area contributed by atoms with E-state index >= 15 is 0 Å². The number of rotatable bonds is 6. The third kappa shape index (κ3) is 5.66. The standard InChI is InChI=1S/C21H26BrN3O/c1-17(19-8-5-9-20(22)14-19)23-21(26)16-25-12-10-24(11-13-25)15-18-6-3-2-4-7-18/h2-9,14,17H,10-13,15-16H2,1H3,(H,23,26). The number of halogens is 1. The van der Waals surface area contributed by atoms with Crippen molar-refractivity contribution >= 4 is 21.8 Å². The van der Waals surface area contributed by atoms with E-state index in [0.29, 0.717) is 6.54 Å². The molecule has 1 unspecified atom stereocenters.